The number of nitrogens with two attached hydrogens (primary N) is 1. The molecule has 1 aliphatic heterocycles. The maximum Gasteiger partial charge on any atom is 0.231 e. The van der Waals surface area contributed by atoms with Crippen LogP contribution in [0.2, 0.25) is 0 Å². The van der Waals surface area contributed by atoms with Crippen molar-refractivity contribution in [2.75, 3.05) is 33.3 Å². The molecular weight excluding hydrogens is 294 g/mol. The average molecular weight is 313 g/mol. The van der Waals surface area contributed by atoms with Gasteiger partial charge in [0, 0.05) is 31.2 Å². The Morgan fingerprint density at radius 3 is 2.71 bits per heavy atom. The Morgan fingerprint density at radius 2 is 2.10 bits per heavy atom. The lowest BCUT2D eigenvalue weighted by molar-refractivity contribution is 0.142. The van der Waals surface area contributed by atoms with Gasteiger partial charge in [0.25, 0.3) is 0 Å². The fraction of sp³-hybridized carbons (Fsp3) is 0.571. The summed E-state index contributed by atoms with van der Waals surface area (Å²) in [5.41, 5.74) is 6.22. The molecule has 2 aliphatic rings. The number of methoxy groups -OCH3 is 1. The number of benzene rings is 1. The molecule has 0 spiro atoms. The predicted octanol–water partition coefficient (Wildman–Crippen LogP) is 0.517. The van der Waals surface area contributed by atoms with E-state index >= 15 is 0 Å². The highest BCUT2D eigenvalue weighted by molar-refractivity contribution is 7.91. The summed E-state index contributed by atoms with van der Waals surface area (Å²) in [6.07, 6.45) is 1.25. The van der Waals surface area contributed by atoms with Gasteiger partial charge in [-0.2, -0.15) is 0 Å². The van der Waals surface area contributed by atoms with Gasteiger partial charge in [-0.15, -0.1) is 0 Å². The summed E-state index contributed by atoms with van der Waals surface area (Å²) in [4.78, 5) is 0. The van der Waals surface area contributed by atoms with Crippen molar-refractivity contribution >= 4 is 9.84 Å². The average Bonchev–Trinajstić information content (AvgIpc) is 2.88. The molecule has 0 radical (unpaired) electrons. The van der Waals surface area contributed by atoms with Crippen molar-refractivity contribution in [1.82, 2.24) is 0 Å². The lowest BCUT2D eigenvalue weighted by atomic mass is 9.99. The highest BCUT2D eigenvalue weighted by Gasteiger charge is 2.69. The molecule has 0 unspecified atom stereocenters. The van der Waals surface area contributed by atoms with Crippen LogP contribution in [0.3, 0.4) is 0 Å². The molecule has 1 aliphatic carbocycles. The predicted molar refractivity (Wildman–Crippen MR) is 77.3 cm³/mol. The smallest absolute Gasteiger partial charge is 0.231 e. The summed E-state index contributed by atoms with van der Waals surface area (Å²) >= 11 is 0. The van der Waals surface area contributed by atoms with E-state index in [-0.39, 0.29) is 19.3 Å². The van der Waals surface area contributed by atoms with Crippen molar-refractivity contribution in [2.24, 2.45) is 11.1 Å². The van der Waals surface area contributed by atoms with E-state index in [1.807, 2.05) is 18.2 Å². The first-order valence-electron chi connectivity index (χ1n) is 6.71. The highest BCUT2D eigenvalue weighted by Crippen LogP contribution is 2.62. The van der Waals surface area contributed by atoms with Gasteiger partial charge in [-0.1, -0.05) is 6.07 Å². The Bertz CT molecular complexity index is 659. The summed E-state index contributed by atoms with van der Waals surface area (Å²) < 4.78 is 40.1. The van der Waals surface area contributed by atoms with Gasteiger partial charge in [0.15, 0.2) is 21.3 Å². The van der Waals surface area contributed by atoms with E-state index in [1.54, 1.807) is 7.11 Å². The Hall–Kier alpha value is -1.31. The Morgan fingerprint density at radius 1 is 1.38 bits per heavy atom. The van der Waals surface area contributed by atoms with Crippen molar-refractivity contribution in [3.05, 3.63) is 23.8 Å². The molecular formula is C14H19NO5S. The third-order valence-electron chi connectivity index (χ3n) is 4.39. The quantitative estimate of drug-likeness (QED) is 0.852. The van der Waals surface area contributed by atoms with Gasteiger partial charge in [0.2, 0.25) is 6.79 Å². The van der Waals surface area contributed by atoms with Gasteiger partial charge < -0.3 is 19.9 Å². The largest absolute Gasteiger partial charge is 0.454 e. The lowest BCUT2D eigenvalue weighted by Crippen LogP contribution is -2.28. The van der Waals surface area contributed by atoms with Gasteiger partial charge in [-0.3, -0.25) is 0 Å². The van der Waals surface area contributed by atoms with E-state index in [1.165, 1.54) is 6.26 Å². The van der Waals surface area contributed by atoms with Crippen molar-refractivity contribution in [1.29, 1.82) is 0 Å². The third-order valence-corrected chi connectivity index (χ3v) is 6.05. The first-order chi connectivity index (χ1) is 9.94. The molecule has 3 rings (SSSR count). The topological polar surface area (TPSA) is 87.8 Å². The molecule has 21 heavy (non-hydrogen) atoms. The summed E-state index contributed by atoms with van der Waals surface area (Å²) in [6, 6.07) is 5.53. The van der Waals surface area contributed by atoms with Gasteiger partial charge in [-0.25, -0.2) is 8.42 Å². The Kier molecular flexibility index (Phi) is 3.38. The highest BCUT2D eigenvalue weighted by atomic mass is 32.2. The zero-order valence-electron chi connectivity index (χ0n) is 12.0. The monoisotopic (exact) mass is 313 g/mol. The van der Waals surface area contributed by atoms with E-state index in [0.29, 0.717) is 18.1 Å². The second-order valence-electron chi connectivity index (χ2n) is 5.71. The molecule has 0 amide bonds. The minimum absolute atomic E-state index is 0.174. The Balaban J connectivity index is 2.00. The van der Waals surface area contributed by atoms with Crippen LogP contribution < -0.4 is 15.2 Å². The number of rotatable bonds is 5. The minimum Gasteiger partial charge on any atom is -0.454 e. The van der Waals surface area contributed by atoms with Gasteiger partial charge in [0.05, 0.1) is 11.9 Å². The van der Waals surface area contributed by atoms with Crippen molar-refractivity contribution < 1.29 is 22.6 Å². The maximum atomic E-state index is 12.1. The van der Waals surface area contributed by atoms with E-state index in [0.717, 1.165) is 5.56 Å². The molecule has 1 aromatic rings. The lowest BCUT2D eigenvalue weighted by Gasteiger charge is -2.14. The molecule has 1 saturated carbocycles. The van der Waals surface area contributed by atoms with E-state index in [4.69, 9.17) is 19.9 Å². The molecule has 0 bridgehead atoms. The number of fused-ring (bicyclic) bond motifs is 1. The summed E-state index contributed by atoms with van der Waals surface area (Å²) in [5.74, 6) is 1.15. The minimum atomic E-state index is -3.21. The second kappa shape index (κ2) is 4.86. The first kappa shape index (κ1) is 14.6. The Labute approximate surface area is 124 Å². The number of hydrogen-bond donors (Lipinski definition) is 1. The van der Waals surface area contributed by atoms with E-state index < -0.39 is 20.5 Å². The zero-order valence-corrected chi connectivity index (χ0v) is 12.9. The molecule has 3 atom stereocenters. The summed E-state index contributed by atoms with van der Waals surface area (Å²) in [5, 5.41) is -0.518. The number of ether oxygens (including phenoxy) is 3. The number of sulfone groups is 1. The van der Waals surface area contributed by atoms with Crippen LogP contribution in [0.4, 0.5) is 0 Å². The molecule has 1 fully saturated rings. The van der Waals surface area contributed by atoms with E-state index in [2.05, 4.69) is 0 Å². The molecule has 6 nitrogen and oxygen atoms in total. The van der Waals surface area contributed by atoms with Gasteiger partial charge in [-0.05, 0) is 17.7 Å². The molecule has 116 valence electrons. The van der Waals surface area contributed by atoms with Crippen molar-refractivity contribution in [2.45, 2.75) is 11.2 Å². The normalized spacial score (nSPS) is 30.4. The SMILES string of the molecule is COC[C@@]1(CN)[C@H](c2ccc3c(c2)OCO3)[C@@H]1S(C)(=O)=O. The number of hydrogen-bond acceptors (Lipinski definition) is 6. The first-order valence-corrected chi connectivity index (χ1v) is 8.67. The van der Waals surface area contributed by atoms with Gasteiger partial charge >= 0.3 is 0 Å². The standard InChI is InChI=1S/C14H19NO5S/c1-18-7-14(6-15)12(13(14)21(2,16)17)9-3-4-10-11(5-9)20-8-19-10/h3-5,12-13H,6-8,15H2,1-2H3/t12-,13+,14+/m1/s1. The molecule has 2 N–H and O–H groups in total. The fourth-order valence-corrected chi connectivity index (χ4v) is 5.49. The van der Waals surface area contributed by atoms with Crippen LogP contribution in [0, 0.1) is 5.41 Å². The molecule has 1 aromatic carbocycles. The zero-order chi connectivity index (χ0) is 15.3. The summed E-state index contributed by atoms with van der Waals surface area (Å²) in [7, 11) is -1.65. The fourth-order valence-electron chi connectivity index (χ4n) is 3.48. The van der Waals surface area contributed by atoms with Crippen LogP contribution >= 0.6 is 0 Å². The third kappa shape index (κ3) is 2.20. The van der Waals surface area contributed by atoms with Crippen molar-refractivity contribution in [3.63, 3.8) is 0 Å². The molecule has 1 heterocycles. The van der Waals surface area contributed by atoms with E-state index in [9.17, 15) is 8.42 Å². The van der Waals surface area contributed by atoms with Crippen LogP contribution in [0.5, 0.6) is 11.5 Å². The van der Waals surface area contributed by atoms with Crippen LogP contribution in [0.25, 0.3) is 0 Å². The second-order valence-corrected chi connectivity index (χ2v) is 7.88. The maximum absolute atomic E-state index is 12.1. The van der Waals surface area contributed by atoms with Crippen LogP contribution in [0.1, 0.15) is 11.5 Å². The van der Waals surface area contributed by atoms with Crippen LogP contribution in [0.15, 0.2) is 18.2 Å². The molecule has 0 saturated heterocycles. The molecule has 0 aromatic heterocycles. The summed E-state index contributed by atoms with van der Waals surface area (Å²) in [6.45, 7) is 0.775. The van der Waals surface area contributed by atoms with Crippen LogP contribution in [-0.2, 0) is 14.6 Å². The van der Waals surface area contributed by atoms with Crippen LogP contribution in [-0.4, -0.2) is 47.0 Å². The van der Waals surface area contributed by atoms with Gasteiger partial charge in [0.1, 0.15) is 0 Å². The van der Waals surface area contributed by atoms with Crippen molar-refractivity contribution in [3.8, 4) is 11.5 Å². The molecule has 7 heteroatoms.